The summed E-state index contributed by atoms with van der Waals surface area (Å²) in [6, 6.07) is 12.1. The van der Waals surface area contributed by atoms with Gasteiger partial charge in [-0.05, 0) is 57.4 Å². The van der Waals surface area contributed by atoms with Gasteiger partial charge in [-0.1, -0.05) is 34.6 Å². The number of furan rings is 1. The Morgan fingerprint density at radius 1 is 1.03 bits per heavy atom. The molecule has 0 saturated carbocycles. The first-order chi connectivity index (χ1) is 15.2. The number of thioether (sulfide) groups is 1. The van der Waals surface area contributed by atoms with Crippen LogP contribution in [0.4, 0.5) is 5.95 Å². The first kappa shape index (κ1) is 19.9. The van der Waals surface area contributed by atoms with Gasteiger partial charge in [0.1, 0.15) is 0 Å². The zero-order valence-corrected chi connectivity index (χ0v) is 18.4. The van der Waals surface area contributed by atoms with E-state index in [2.05, 4.69) is 61.0 Å². The maximum absolute atomic E-state index is 5.50. The smallest absolute Gasteiger partial charge is 0.240 e. The van der Waals surface area contributed by atoms with E-state index in [-0.39, 0.29) is 5.25 Å². The maximum Gasteiger partial charge on any atom is 0.240 e. The van der Waals surface area contributed by atoms with Crippen molar-refractivity contribution in [3.8, 4) is 17.3 Å². The minimum atomic E-state index is -0.0983. The molecule has 0 aliphatic carbocycles. The third kappa shape index (κ3) is 4.10. The summed E-state index contributed by atoms with van der Waals surface area (Å²) in [5.41, 5.74) is 2.27. The Kier molecular flexibility index (Phi) is 5.50. The molecular weight excluding hydrogens is 412 g/mol. The highest BCUT2D eigenvalue weighted by atomic mass is 32.2. The predicted molar refractivity (Wildman–Crippen MR) is 118 cm³/mol. The molecule has 4 heterocycles. The quantitative estimate of drug-likeness (QED) is 0.388. The van der Waals surface area contributed by atoms with Gasteiger partial charge in [-0.15, -0.1) is 10.2 Å². The normalized spacial score (nSPS) is 15.4. The lowest BCUT2D eigenvalue weighted by Crippen LogP contribution is -2.31. The maximum atomic E-state index is 5.50. The van der Waals surface area contributed by atoms with Crippen LogP contribution in [0.2, 0.25) is 0 Å². The average molecular weight is 437 g/mol. The average Bonchev–Trinajstić information content (AvgIpc) is 3.55. The highest BCUT2D eigenvalue weighted by molar-refractivity contribution is 7.99. The number of piperidine rings is 1. The first-order valence-corrected chi connectivity index (χ1v) is 11.4. The standard InChI is InChI=1S/C22H24N6O2S/c1-15-8-10-17(11-9-15)28-21(27-12-4-3-5-13-27)24-25-22(28)31-16(2)20-23-19(26-30-20)18-7-6-14-29-18/h6-11,14,16H,3-5,12-13H2,1-2H3/t16-/m0/s1. The van der Waals surface area contributed by atoms with Gasteiger partial charge in [-0.2, -0.15) is 4.98 Å². The number of aromatic nitrogens is 5. The Hall–Kier alpha value is -3.07. The number of nitrogens with zero attached hydrogens (tertiary/aromatic N) is 6. The molecule has 0 spiro atoms. The molecule has 1 aromatic carbocycles. The van der Waals surface area contributed by atoms with Gasteiger partial charge >= 0.3 is 0 Å². The van der Waals surface area contributed by atoms with Gasteiger partial charge in [0.2, 0.25) is 17.7 Å². The van der Waals surface area contributed by atoms with Gasteiger partial charge in [-0.3, -0.25) is 4.57 Å². The van der Waals surface area contributed by atoms with E-state index in [1.807, 2.05) is 13.0 Å². The van der Waals surface area contributed by atoms with Gasteiger partial charge in [0, 0.05) is 13.1 Å². The number of anilines is 1. The molecule has 0 N–H and O–H groups in total. The topological polar surface area (TPSA) is 86.0 Å². The number of aryl methyl sites for hydroxylation is 1. The third-order valence-electron chi connectivity index (χ3n) is 5.36. The summed E-state index contributed by atoms with van der Waals surface area (Å²) < 4.78 is 13.0. The van der Waals surface area contributed by atoms with Crippen LogP contribution in [0.25, 0.3) is 17.3 Å². The monoisotopic (exact) mass is 436 g/mol. The molecule has 160 valence electrons. The second-order valence-corrected chi connectivity index (χ2v) is 9.00. The lowest BCUT2D eigenvalue weighted by atomic mass is 10.1. The molecule has 31 heavy (non-hydrogen) atoms. The Bertz CT molecular complexity index is 1130. The van der Waals surface area contributed by atoms with E-state index < -0.39 is 0 Å². The fourth-order valence-corrected chi connectivity index (χ4v) is 4.57. The van der Waals surface area contributed by atoms with E-state index in [4.69, 9.17) is 8.94 Å². The molecular formula is C22H24N6O2S. The Balaban J connectivity index is 1.45. The SMILES string of the molecule is Cc1ccc(-n2c(S[C@@H](C)c3nc(-c4ccco4)no3)nnc2N2CCCCC2)cc1. The van der Waals surface area contributed by atoms with Crippen molar-refractivity contribution in [2.75, 3.05) is 18.0 Å². The van der Waals surface area contributed by atoms with Crippen molar-refractivity contribution in [3.05, 3.63) is 54.1 Å². The van der Waals surface area contributed by atoms with Crippen molar-refractivity contribution in [2.45, 2.75) is 43.5 Å². The molecule has 1 aliphatic heterocycles. The number of hydrogen-bond donors (Lipinski definition) is 0. The van der Waals surface area contributed by atoms with Crippen molar-refractivity contribution < 1.29 is 8.94 Å². The van der Waals surface area contributed by atoms with Crippen LogP contribution in [0, 0.1) is 6.92 Å². The molecule has 3 aromatic heterocycles. The van der Waals surface area contributed by atoms with Gasteiger partial charge in [-0.25, -0.2) is 0 Å². The highest BCUT2D eigenvalue weighted by Crippen LogP contribution is 2.37. The van der Waals surface area contributed by atoms with Crippen LogP contribution in [-0.4, -0.2) is 38.0 Å². The van der Waals surface area contributed by atoms with Crippen molar-refractivity contribution in [1.82, 2.24) is 24.9 Å². The summed E-state index contributed by atoms with van der Waals surface area (Å²) in [4.78, 5) is 6.83. The largest absolute Gasteiger partial charge is 0.461 e. The minimum absolute atomic E-state index is 0.0983. The fourth-order valence-electron chi connectivity index (χ4n) is 3.67. The van der Waals surface area contributed by atoms with Gasteiger partial charge in [0.05, 0.1) is 17.2 Å². The molecule has 1 fully saturated rings. The summed E-state index contributed by atoms with van der Waals surface area (Å²) in [6.45, 7) is 6.12. The van der Waals surface area contributed by atoms with E-state index >= 15 is 0 Å². The second-order valence-electron chi connectivity index (χ2n) is 7.69. The molecule has 0 unspecified atom stereocenters. The van der Waals surface area contributed by atoms with Gasteiger partial charge < -0.3 is 13.8 Å². The van der Waals surface area contributed by atoms with Crippen molar-refractivity contribution >= 4 is 17.7 Å². The Morgan fingerprint density at radius 3 is 2.58 bits per heavy atom. The first-order valence-electron chi connectivity index (χ1n) is 10.5. The van der Waals surface area contributed by atoms with Crippen LogP contribution in [0.15, 0.2) is 56.8 Å². The number of benzene rings is 1. The van der Waals surface area contributed by atoms with Crippen molar-refractivity contribution in [3.63, 3.8) is 0 Å². The summed E-state index contributed by atoms with van der Waals surface area (Å²) in [5, 5.41) is 13.9. The predicted octanol–water partition coefficient (Wildman–Crippen LogP) is 5.06. The summed E-state index contributed by atoms with van der Waals surface area (Å²) in [6.07, 6.45) is 5.22. The van der Waals surface area contributed by atoms with Crippen LogP contribution in [-0.2, 0) is 0 Å². The lowest BCUT2D eigenvalue weighted by molar-refractivity contribution is 0.379. The summed E-state index contributed by atoms with van der Waals surface area (Å²) in [5.74, 6) is 2.44. The Labute approximate surface area is 184 Å². The third-order valence-corrected chi connectivity index (χ3v) is 6.39. The molecule has 1 aliphatic rings. The minimum Gasteiger partial charge on any atom is -0.461 e. The lowest BCUT2D eigenvalue weighted by Gasteiger charge is -2.28. The van der Waals surface area contributed by atoms with Crippen LogP contribution >= 0.6 is 11.8 Å². The highest BCUT2D eigenvalue weighted by Gasteiger charge is 2.25. The molecule has 1 atom stereocenters. The molecule has 8 nitrogen and oxygen atoms in total. The van der Waals surface area contributed by atoms with E-state index in [1.165, 1.54) is 24.8 Å². The van der Waals surface area contributed by atoms with Crippen LogP contribution in [0.5, 0.6) is 0 Å². The van der Waals surface area contributed by atoms with Crippen LogP contribution in [0.3, 0.4) is 0 Å². The van der Waals surface area contributed by atoms with E-state index in [1.54, 1.807) is 24.1 Å². The molecule has 0 bridgehead atoms. The zero-order valence-electron chi connectivity index (χ0n) is 17.6. The Morgan fingerprint density at radius 2 is 1.84 bits per heavy atom. The summed E-state index contributed by atoms with van der Waals surface area (Å²) >= 11 is 1.55. The molecule has 9 heteroatoms. The van der Waals surface area contributed by atoms with Crippen molar-refractivity contribution in [1.29, 1.82) is 0 Å². The van der Waals surface area contributed by atoms with Gasteiger partial charge in [0.15, 0.2) is 10.9 Å². The zero-order chi connectivity index (χ0) is 21.2. The summed E-state index contributed by atoms with van der Waals surface area (Å²) in [7, 11) is 0. The van der Waals surface area contributed by atoms with E-state index in [0.717, 1.165) is 29.9 Å². The molecule has 0 radical (unpaired) electrons. The van der Waals surface area contributed by atoms with E-state index in [9.17, 15) is 0 Å². The van der Waals surface area contributed by atoms with Gasteiger partial charge in [0.25, 0.3) is 0 Å². The fraction of sp³-hybridized carbons (Fsp3) is 0.364. The van der Waals surface area contributed by atoms with Crippen molar-refractivity contribution in [2.24, 2.45) is 0 Å². The molecule has 4 aromatic rings. The molecule has 5 rings (SSSR count). The number of hydrogen-bond acceptors (Lipinski definition) is 8. The number of rotatable bonds is 6. The van der Waals surface area contributed by atoms with Crippen LogP contribution < -0.4 is 4.90 Å². The molecule has 0 amide bonds. The second kappa shape index (κ2) is 8.58. The van der Waals surface area contributed by atoms with E-state index in [0.29, 0.717) is 17.5 Å². The molecule has 1 saturated heterocycles. The van der Waals surface area contributed by atoms with Crippen LogP contribution in [0.1, 0.15) is 42.9 Å².